The second kappa shape index (κ2) is 8.73. The van der Waals surface area contributed by atoms with Crippen molar-refractivity contribution in [2.75, 3.05) is 4.90 Å². The van der Waals surface area contributed by atoms with Gasteiger partial charge >= 0.3 is 0 Å². The highest BCUT2D eigenvalue weighted by molar-refractivity contribution is 5.79. The van der Waals surface area contributed by atoms with E-state index in [0.29, 0.717) is 11.1 Å². The van der Waals surface area contributed by atoms with Crippen molar-refractivity contribution in [2.24, 2.45) is 0 Å². The summed E-state index contributed by atoms with van der Waals surface area (Å²) >= 11 is 0. The summed E-state index contributed by atoms with van der Waals surface area (Å²) in [7, 11) is 0. The second-order valence-corrected chi connectivity index (χ2v) is 6.49. The minimum absolute atomic E-state index is 0.0515. The van der Waals surface area contributed by atoms with Crippen LogP contribution >= 0.6 is 0 Å². The third-order valence-electron chi connectivity index (χ3n) is 4.51. The Bertz CT molecular complexity index is 1750. The molecule has 1 heteroatoms. The van der Waals surface area contributed by atoms with Gasteiger partial charge in [-0.3, -0.25) is 0 Å². The first kappa shape index (κ1) is 9.36. The van der Waals surface area contributed by atoms with Gasteiger partial charge in [0, 0.05) is 17.1 Å². The van der Waals surface area contributed by atoms with Crippen LogP contribution in [0, 0.1) is 0 Å². The molecule has 31 heavy (non-hydrogen) atoms. The fourth-order valence-electron chi connectivity index (χ4n) is 3.02. The largest absolute Gasteiger partial charge is 0.311 e. The molecule has 0 radical (unpaired) electrons. The molecule has 0 amide bonds. The molecule has 0 heterocycles. The number of benzene rings is 5. The van der Waals surface area contributed by atoms with Crippen LogP contribution in [0.3, 0.4) is 0 Å². The minimum atomic E-state index is -0.802. The van der Waals surface area contributed by atoms with E-state index in [2.05, 4.69) is 0 Å². The van der Waals surface area contributed by atoms with Crippen LogP contribution in [0.5, 0.6) is 0 Å². The lowest BCUT2D eigenvalue weighted by Crippen LogP contribution is -2.09. The molecule has 0 N–H and O–H groups in total. The zero-order chi connectivity index (χ0) is 32.2. The quantitative estimate of drug-likeness (QED) is 0.281. The molecular weight excluding hydrogens is 374 g/mol. The van der Waals surface area contributed by atoms with E-state index in [0.717, 1.165) is 4.90 Å². The first-order valence-corrected chi connectivity index (χ1v) is 9.49. The minimum Gasteiger partial charge on any atom is -0.311 e. The van der Waals surface area contributed by atoms with Crippen LogP contribution in [-0.2, 0) is 0 Å². The van der Waals surface area contributed by atoms with E-state index in [-0.39, 0.29) is 11.1 Å². The Balaban J connectivity index is 1.96. The summed E-state index contributed by atoms with van der Waals surface area (Å²) in [5, 5.41) is 0. The molecule has 148 valence electrons. The molecule has 0 saturated carbocycles. The van der Waals surface area contributed by atoms with E-state index in [1.807, 2.05) is 0 Å². The number of para-hydroxylation sites is 1. The van der Waals surface area contributed by atoms with Gasteiger partial charge in [-0.2, -0.15) is 0 Å². The third kappa shape index (κ3) is 4.12. The molecule has 0 spiro atoms. The summed E-state index contributed by atoms with van der Waals surface area (Å²) in [5.74, 6) is 0. The molecule has 0 saturated heterocycles. The molecule has 5 rings (SSSR count). The average Bonchev–Trinajstić information content (AvgIpc) is 3.02. The van der Waals surface area contributed by atoms with E-state index < -0.39 is 95.6 Å². The fourth-order valence-corrected chi connectivity index (χ4v) is 3.02. The van der Waals surface area contributed by atoms with Gasteiger partial charge < -0.3 is 4.90 Å². The van der Waals surface area contributed by atoms with Gasteiger partial charge in [0.2, 0.25) is 0 Å². The highest BCUT2D eigenvalue weighted by Gasteiger charge is 2.12. The number of nitrogens with zero attached hydrogens (tertiary/aromatic N) is 1. The molecule has 5 aromatic rings. The molecule has 0 bridgehead atoms. The van der Waals surface area contributed by atoms with Crippen molar-refractivity contribution < 1.29 is 17.8 Å². The van der Waals surface area contributed by atoms with E-state index in [1.54, 1.807) is 60.7 Å². The van der Waals surface area contributed by atoms with Gasteiger partial charge in [-0.25, -0.2) is 0 Å². The molecule has 0 atom stereocenters. The molecule has 0 unspecified atom stereocenters. The van der Waals surface area contributed by atoms with Crippen molar-refractivity contribution in [1.82, 2.24) is 0 Å². The second-order valence-electron chi connectivity index (χ2n) is 6.49. The molecular formula is C30H23N. The molecule has 0 aromatic heterocycles. The van der Waals surface area contributed by atoms with Crippen molar-refractivity contribution in [2.45, 2.75) is 0 Å². The molecule has 0 fully saturated rings. The van der Waals surface area contributed by atoms with Crippen LogP contribution in [0.4, 0.5) is 17.1 Å². The van der Waals surface area contributed by atoms with Crippen molar-refractivity contribution in [3.05, 3.63) is 139 Å². The maximum atomic E-state index is 8.97. The molecule has 5 aromatic carbocycles. The van der Waals surface area contributed by atoms with Gasteiger partial charge in [-0.05, 0) is 58.5 Å². The Morgan fingerprint density at radius 1 is 0.387 bits per heavy atom. The number of anilines is 3. The van der Waals surface area contributed by atoms with Crippen molar-refractivity contribution in [1.29, 1.82) is 0 Å². The van der Waals surface area contributed by atoms with Crippen LogP contribution in [0.2, 0.25) is 0 Å². The number of hydrogen-bond donors (Lipinski definition) is 0. The summed E-state index contributed by atoms with van der Waals surface area (Å²) in [5.41, 5.74) is -1.21. The van der Waals surface area contributed by atoms with Crippen LogP contribution in [0.15, 0.2) is 139 Å². The summed E-state index contributed by atoms with van der Waals surface area (Å²) in [4.78, 5) is 0.727. The molecule has 0 aliphatic carbocycles. The molecule has 0 aliphatic rings. The Hall–Kier alpha value is -4.10. The smallest absolute Gasteiger partial charge is 0.0645 e. The van der Waals surface area contributed by atoms with E-state index in [9.17, 15) is 0 Å². The summed E-state index contributed by atoms with van der Waals surface area (Å²) in [6, 6.07) is 7.80. The Labute approximate surface area is 202 Å². The highest BCUT2D eigenvalue weighted by Crippen LogP contribution is 2.36. The predicted octanol–water partition coefficient (Wildman–Crippen LogP) is 8.49. The van der Waals surface area contributed by atoms with E-state index >= 15 is 0 Å². The first-order chi connectivity index (χ1) is 20.8. The summed E-state index contributed by atoms with van der Waals surface area (Å²) < 4.78 is 113. The normalized spacial score (nSPS) is 16.5. The highest BCUT2D eigenvalue weighted by atomic mass is 15.1. The van der Waals surface area contributed by atoms with Gasteiger partial charge in [0.05, 0.1) is 17.8 Å². The van der Waals surface area contributed by atoms with Gasteiger partial charge in [0.25, 0.3) is 0 Å². The first-order valence-electron chi connectivity index (χ1n) is 16.0. The van der Waals surface area contributed by atoms with Crippen LogP contribution in [0.25, 0.3) is 22.3 Å². The number of rotatable bonds is 5. The number of hydrogen-bond acceptors (Lipinski definition) is 1. The zero-order valence-electron chi connectivity index (χ0n) is 29.2. The van der Waals surface area contributed by atoms with Gasteiger partial charge in [-0.1, -0.05) is 103 Å². The standard InChI is InChI=1S/C30H23N/c1-4-10-24(11-5-1)26-16-20-29(21-17-26)31(28-14-8-3-9-15-28)30-22-18-27(19-23-30)25-12-6-2-7-13-25/h1-23H/i3D,8D,9D,14D,15D,16D,17D,18D,19D,20D,21D,22D,23D. The Morgan fingerprint density at radius 3 is 1.19 bits per heavy atom. The van der Waals surface area contributed by atoms with Crippen molar-refractivity contribution in [3.8, 4) is 22.3 Å². The third-order valence-corrected chi connectivity index (χ3v) is 4.51. The van der Waals surface area contributed by atoms with E-state index in [4.69, 9.17) is 17.8 Å². The summed E-state index contributed by atoms with van der Waals surface area (Å²) in [6.45, 7) is 0. The monoisotopic (exact) mass is 410 g/mol. The predicted molar refractivity (Wildman–Crippen MR) is 132 cm³/mol. The van der Waals surface area contributed by atoms with Gasteiger partial charge in [0.15, 0.2) is 0 Å². The maximum absolute atomic E-state index is 8.97. The average molecular weight is 411 g/mol. The van der Waals surface area contributed by atoms with Crippen molar-refractivity contribution in [3.63, 3.8) is 0 Å². The van der Waals surface area contributed by atoms with Crippen LogP contribution in [-0.4, -0.2) is 0 Å². The summed E-state index contributed by atoms with van der Waals surface area (Å²) in [6.07, 6.45) is 0. The van der Waals surface area contributed by atoms with Crippen LogP contribution < -0.4 is 4.90 Å². The van der Waals surface area contributed by atoms with Crippen molar-refractivity contribution >= 4 is 17.1 Å². The molecule has 1 nitrogen and oxygen atoms in total. The Kier molecular flexibility index (Phi) is 2.64. The van der Waals surface area contributed by atoms with Gasteiger partial charge in [0.1, 0.15) is 0 Å². The lowest BCUT2D eigenvalue weighted by molar-refractivity contribution is 1.28. The lowest BCUT2D eigenvalue weighted by Gasteiger charge is -2.26. The lowest BCUT2D eigenvalue weighted by atomic mass is 10.0. The topological polar surface area (TPSA) is 3.24 Å². The van der Waals surface area contributed by atoms with Crippen LogP contribution in [0.1, 0.15) is 17.8 Å². The van der Waals surface area contributed by atoms with Gasteiger partial charge in [-0.15, -0.1) is 0 Å². The van der Waals surface area contributed by atoms with E-state index in [1.165, 1.54) is 0 Å². The fraction of sp³-hybridized carbons (Fsp3) is 0. The Morgan fingerprint density at radius 2 is 0.774 bits per heavy atom. The SMILES string of the molecule is [2H]c1c([2H])c([2H])c(N(c2c([2H])c([2H])c(-c3ccccc3)c([2H])c2[2H])c2c([2H])c([2H])c(-c3ccccc3)c([2H])c2[2H])c([2H])c1[2H]. The maximum Gasteiger partial charge on any atom is 0.0645 e. The zero-order valence-corrected chi connectivity index (χ0v) is 16.2. The molecule has 0 aliphatic heterocycles.